The van der Waals surface area contributed by atoms with Gasteiger partial charge in [-0.25, -0.2) is 14.2 Å². The van der Waals surface area contributed by atoms with Gasteiger partial charge in [0.25, 0.3) is 5.56 Å². The van der Waals surface area contributed by atoms with Gasteiger partial charge in [-0.1, -0.05) is 24.3 Å². The molecule has 0 radical (unpaired) electrons. The van der Waals surface area contributed by atoms with Crippen molar-refractivity contribution >= 4 is 17.3 Å². The second kappa shape index (κ2) is 10.2. The summed E-state index contributed by atoms with van der Waals surface area (Å²) in [5.74, 6) is -2.25. The normalized spacial score (nSPS) is 17.1. The van der Waals surface area contributed by atoms with Crippen LogP contribution >= 0.6 is 0 Å². The Bertz CT molecular complexity index is 1500. The number of hydrogen-bond acceptors (Lipinski definition) is 6. The fraction of sp³-hybridized carbons (Fsp3) is 0.148. The second-order valence-corrected chi connectivity index (χ2v) is 8.70. The van der Waals surface area contributed by atoms with Gasteiger partial charge in [0.15, 0.2) is 11.6 Å². The number of phenols is 1. The van der Waals surface area contributed by atoms with Crippen LogP contribution in [0.3, 0.4) is 0 Å². The number of aromatic hydroxyl groups is 1. The van der Waals surface area contributed by atoms with Crippen LogP contribution < -0.4 is 21.3 Å². The van der Waals surface area contributed by atoms with E-state index in [9.17, 15) is 23.5 Å². The van der Waals surface area contributed by atoms with Crippen molar-refractivity contribution in [3.05, 3.63) is 118 Å². The highest BCUT2D eigenvalue weighted by molar-refractivity contribution is 5.95. The molecule has 8 nitrogen and oxygen atoms in total. The number of phenolic OH excluding ortho intramolecular Hbond substituents is 1. The van der Waals surface area contributed by atoms with Gasteiger partial charge in [-0.2, -0.15) is 0 Å². The highest BCUT2D eigenvalue weighted by atomic mass is 19.2. The van der Waals surface area contributed by atoms with Gasteiger partial charge in [0.2, 0.25) is 5.91 Å². The molecular formula is C27H23F2N5O3. The molecule has 5 rings (SSSR count). The SMILES string of the molecule is O=C(Nc1ccc(=O)n(Cc2ccc(F)c(F)c2)c1)C1CC(c2cccnc2)N(c2ccccc2O)N1. The number of rotatable bonds is 6. The predicted molar refractivity (Wildman–Crippen MR) is 134 cm³/mol. The molecule has 0 spiro atoms. The molecule has 2 unspecified atom stereocenters. The van der Waals surface area contributed by atoms with Crippen molar-refractivity contribution in [2.24, 2.45) is 0 Å². The molecular weight excluding hydrogens is 480 g/mol. The third-order valence-corrected chi connectivity index (χ3v) is 6.18. The van der Waals surface area contributed by atoms with Gasteiger partial charge >= 0.3 is 0 Å². The van der Waals surface area contributed by atoms with E-state index in [2.05, 4.69) is 15.7 Å². The maximum Gasteiger partial charge on any atom is 0.250 e. The van der Waals surface area contributed by atoms with Crippen LogP contribution in [0.5, 0.6) is 5.75 Å². The van der Waals surface area contributed by atoms with E-state index in [0.29, 0.717) is 23.4 Å². The summed E-state index contributed by atoms with van der Waals surface area (Å²) < 4.78 is 28.1. The van der Waals surface area contributed by atoms with Crippen LogP contribution in [0.1, 0.15) is 23.6 Å². The lowest BCUT2D eigenvalue weighted by Crippen LogP contribution is -2.42. The first kappa shape index (κ1) is 24.1. The van der Waals surface area contributed by atoms with Gasteiger partial charge in [0, 0.05) is 24.7 Å². The van der Waals surface area contributed by atoms with Crippen LogP contribution in [-0.2, 0) is 11.3 Å². The van der Waals surface area contributed by atoms with Crippen molar-refractivity contribution in [1.82, 2.24) is 15.0 Å². The molecule has 1 aliphatic heterocycles. The molecule has 1 fully saturated rings. The summed E-state index contributed by atoms with van der Waals surface area (Å²) in [7, 11) is 0. The Morgan fingerprint density at radius 1 is 1.08 bits per heavy atom. The summed E-state index contributed by atoms with van der Waals surface area (Å²) in [4.78, 5) is 29.8. The number of para-hydroxylation sites is 2. The standard InChI is InChI=1S/C27H23F2N5O3/c28-20-9-7-17(12-21(20)29)15-33-16-19(8-10-26(33)36)31-27(37)22-13-24(18-4-3-11-30-14-18)34(32-22)23-5-1-2-6-25(23)35/h1-12,14,16,22,24,32,35H,13,15H2,(H,31,37). The Morgan fingerprint density at radius 2 is 1.92 bits per heavy atom. The zero-order valence-electron chi connectivity index (χ0n) is 19.5. The Balaban J connectivity index is 1.36. The zero-order valence-corrected chi connectivity index (χ0v) is 19.5. The van der Waals surface area contributed by atoms with Crippen LogP contribution in [0.2, 0.25) is 0 Å². The van der Waals surface area contributed by atoms with Crippen LogP contribution in [0.25, 0.3) is 0 Å². The fourth-order valence-electron chi connectivity index (χ4n) is 4.36. The summed E-state index contributed by atoms with van der Waals surface area (Å²) in [6.07, 6.45) is 5.22. The molecule has 3 N–H and O–H groups in total. The average Bonchev–Trinajstić information content (AvgIpc) is 3.34. The number of benzene rings is 2. The minimum atomic E-state index is -1.00. The van der Waals surface area contributed by atoms with Gasteiger partial charge < -0.3 is 15.0 Å². The topological polar surface area (TPSA) is 99.5 Å². The van der Waals surface area contributed by atoms with E-state index in [0.717, 1.165) is 17.7 Å². The molecule has 3 heterocycles. The monoisotopic (exact) mass is 503 g/mol. The van der Waals surface area contributed by atoms with E-state index < -0.39 is 17.7 Å². The van der Waals surface area contributed by atoms with Crippen molar-refractivity contribution in [3.8, 4) is 5.75 Å². The molecule has 37 heavy (non-hydrogen) atoms. The molecule has 2 aromatic heterocycles. The summed E-state index contributed by atoms with van der Waals surface area (Å²) in [5.41, 5.74) is 4.98. The summed E-state index contributed by atoms with van der Waals surface area (Å²) in [6.45, 7) is 0.00552. The number of carbonyl (C=O) groups excluding carboxylic acids is 1. The molecule has 0 saturated carbocycles. The Kier molecular flexibility index (Phi) is 6.65. The van der Waals surface area contributed by atoms with E-state index in [1.807, 2.05) is 12.1 Å². The van der Waals surface area contributed by atoms with Crippen molar-refractivity contribution in [3.63, 3.8) is 0 Å². The van der Waals surface area contributed by atoms with Gasteiger partial charge in [0.1, 0.15) is 11.8 Å². The van der Waals surface area contributed by atoms with E-state index in [1.165, 1.54) is 29.0 Å². The second-order valence-electron chi connectivity index (χ2n) is 8.70. The maximum atomic E-state index is 13.6. The van der Waals surface area contributed by atoms with Crippen LogP contribution in [0, 0.1) is 11.6 Å². The highest BCUT2D eigenvalue weighted by Gasteiger charge is 2.38. The predicted octanol–water partition coefficient (Wildman–Crippen LogP) is 3.74. The number of halogens is 2. The van der Waals surface area contributed by atoms with Crippen molar-refractivity contribution < 1.29 is 18.7 Å². The summed E-state index contributed by atoms with van der Waals surface area (Å²) in [6, 6.07) is 15.8. The van der Waals surface area contributed by atoms with Crippen LogP contribution in [-0.4, -0.2) is 26.6 Å². The molecule has 4 aromatic rings. The van der Waals surface area contributed by atoms with Crippen molar-refractivity contribution in [2.75, 3.05) is 10.3 Å². The van der Waals surface area contributed by atoms with Gasteiger partial charge in [-0.15, -0.1) is 0 Å². The Labute approximate surface area is 210 Å². The molecule has 2 aromatic carbocycles. The minimum absolute atomic E-state index is 0.00552. The molecule has 2 atom stereocenters. The van der Waals surface area contributed by atoms with Crippen molar-refractivity contribution in [1.29, 1.82) is 0 Å². The molecule has 188 valence electrons. The Hall–Kier alpha value is -4.57. The first-order valence-electron chi connectivity index (χ1n) is 11.6. The van der Waals surface area contributed by atoms with Crippen LogP contribution in [0.4, 0.5) is 20.2 Å². The summed E-state index contributed by atoms with van der Waals surface area (Å²) >= 11 is 0. The largest absolute Gasteiger partial charge is 0.506 e. The smallest absolute Gasteiger partial charge is 0.250 e. The first-order valence-corrected chi connectivity index (χ1v) is 11.6. The quantitative estimate of drug-likeness (QED) is 0.371. The number of hydrogen-bond donors (Lipinski definition) is 3. The summed E-state index contributed by atoms with van der Waals surface area (Å²) in [5, 5.41) is 15.0. The molecule has 1 saturated heterocycles. The van der Waals surface area contributed by atoms with E-state index in [1.54, 1.807) is 41.7 Å². The number of carbonyl (C=O) groups is 1. The number of amides is 1. The molecule has 1 amide bonds. The number of aromatic nitrogens is 2. The lowest BCUT2D eigenvalue weighted by atomic mass is 10.0. The third kappa shape index (κ3) is 5.19. The Morgan fingerprint density at radius 3 is 2.68 bits per heavy atom. The van der Waals surface area contributed by atoms with E-state index in [4.69, 9.17) is 0 Å². The van der Waals surface area contributed by atoms with Gasteiger partial charge in [-0.05, 0) is 53.9 Å². The molecule has 1 aliphatic rings. The fourth-order valence-corrected chi connectivity index (χ4v) is 4.36. The van der Waals surface area contributed by atoms with Gasteiger partial charge in [0.05, 0.1) is 24.0 Å². The van der Waals surface area contributed by atoms with E-state index >= 15 is 0 Å². The molecule has 0 bridgehead atoms. The minimum Gasteiger partial charge on any atom is -0.506 e. The lowest BCUT2D eigenvalue weighted by Gasteiger charge is -2.27. The number of pyridine rings is 2. The molecule has 0 aliphatic carbocycles. The number of nitrogens with one attached hydrogen (secondary N) is 2. The van der Waals surface area contributed by atoms with E-state index in [-0.39, 0.29) is 29.8 Å². The zero-order chi connectivity index (χ0) is 25.9. The number of hydrazine groups is 1. The van der Waals surface area contributed by atoms with Gasteiger partial charge in [-0.3, -0.25) is 19.6 Å². The first-order chi connectivity index (χ1) is 17.9. The third-order valence-electron chi connectivity index (χ3n) is 6.18. The van der Waals surface area contributed by atoms with Crippen LogP contribution in [0.15, 0.2) is 90.1 Å². The maximum absolute atomic E-state index is 13.6. The average molecular weight is 504 g/mol. The number of nitrogens with zero attached hydrogens (tertiary/aromatic N) is 3. The highest BCUT2D eigenvalue weighted by Crippen LogP contribution is 2.38. The molecule has 10 heteroatoms. The number of anilines is 2. The lowest BCUT2D eigenvalue weighted by molar-refractivity contribution is -0.117. The van der Waals surface area contributed by atoms with Crippen molar-refractivity contribution in [2.45, 2.75) is 25.0 Å².